The number of benzene rings is 1. The summed E-state index contributed by atoms with van der Waals surface area (Å²) in [4.78, 5) is 3.69. The number of H-pyrrole nitrogens is 1. The molecule has 1 saturated carbocycles. The molecule has 2 aliphatic rings. The Morgan fingerprint density at radius 1 is 1.05 bits per heavy atom. The molecule has 1 aromatic carbocycles. The van der Waals surface area contributed by atoms with E-state index in [-0.39, 0.29) is 0 Å². The third-order valence-electron chi connectivity index (χ3n) is 4.81. The van der Waals surface area contributed by atoms with E-state index in [1.807, 2.05) is 0 Å². The van der Waals surface area contributed by atoms with Crippen molar-refractivity contribution in [2.75, 3.05) is 0 Å². The number of aryl methyl sites for hydroxylation is 3. The molecule has 0 amide bonds. The van der Waals surface area contributed by atoms with Gasteiger partial charge in [0.2, 0.25) is 0 Å². The molecular formula is C17H22N2. The van der Waals surface area contributed by atoms with Crippen LogP contribution in [0.4, 0.5) is 0 Å². The fourth-order valence-electron chi connectivity index (χ4n) is 3.57. The van der Waals surface area contributed by atoms with E-state index in [1.165, 1.54) is 59.8 Å². The first kappa shape index (κ1) is 11.5. The van der Waals surface area contributed by atoms with Crippen molar-refractivity contribution in [3.63, 3.8) is 0 Å². The summed E-state index contributed by atoms with van der Waals surface area (Å²) in [6.45, 7) is 4.46. The average molecular weight is 254 g/mol. The van der Waals surface area contributed by atoms with Gasteiger partial charge in [-0.05, 0) is 62.6 Å². The van der Waals surface area contributed by atoms with Crippen LogP contribution in [0, 0.1) is 13.8 Å². The highest BCUT2D eigenvalue weighted by atomic mass is 15.0. The second kappa shape index (κ2) is 4.11. The van der Waals surface area contributed by atoms with Crippen LogP contribution in [0.15, 0.2) is 12.1 Å². The molecule has 2 aliphatic carbocycles. The van der Waals surface area contributed by atoms with Crippen LogP contribution >= 0.6 is 0 Å². The summed E-state index contributed by atoms with van der Waals surface area (Å²) < 4.78 is 0. The maximum absolute atomic E-state index is 3.81. The van der Waals surface area contributed by atoms with E-state index in [1.54, 1.807) is 5.56 Å². The summed E-state index contributed by atoms with van der Waals surface area (Å²) >= 11 is 0. The topological polar surface area (TPSA) is 27.8 Å². The first-order chi connectivity index (χ1) is 9.22. The van der Waals surface area contributed by atoms with E-state index >= 15 is 0 Å². The van der Waals surface area contributed by atoms with Crippen LogP contribution in [0.1, 0.15) is 41.6 Å². The summed E-state index contributed by atoms with van der Waals surface area (Å²) in [5.74, 6) is 0. The maximum Gasteiger partial charge on any atom is 0.0491 e. The quantitative estimate of drug-likeness (QED) is 0.844. The van der Waals surface area contributed by atoms with Gasteiger partial charge in [-0.15, -0.1) is 0 Å². The molecule has 100 valence electrons. The molecule has 0 aliphatic heterocycles. The Morgan fingerprint density at radius 3 is 2.63 bits per heavy atom. The number of hydrogen-bond acceptors (Lipinski definition) is 1. The number of nitrogens with one attached hydrogen (secondary N) is 2. The minimum atomic E-state index is 0.693. The Labute approximate surface area is 114 Å². The summed E-state index contributed by atoms with van der Waals surface area (Å²) in [5, 5.41) is 5.31. The van der Waals surface area contributed by atoms with Gasteiger partial charge < -0.3 is 10.3 Å². The second-order valence-electron chi connectivity index (χ2n) is 6.41. The lowest BCUT2D eigenvalue weighted by atomic mass is 9.90. The number of rotatable bonds is 2. The van der Waals surface area contributed by atoms with Gasteiger partial charge in [-0.2, -0.15) is 0 Å². The number of fused-ring (bicyclic) bond motifs is 3. The van der Waals surface area contributed by atoms with Gasteiger partial charge in [0.15, 0.2) is 0 Å². The average Bonchev–Trinajstić information content (AvgIpc) is 3.12. The van der Waals surface area contributed by atoms with Gasteiger partial charge in [-0.1, -0.05) is 12.1 Å². The molecule has 2 nitrogen and oxygen atoms in total. The van der Waals surface area contributed by atoms with Crippen molar-refractivity contribution in [2.45, 2.75) is 58.0 Å². The third kappa shape index (κ3) is 1.90. The Balaban J connectivity index is 1.77. The van der Waals surface area contributed by atoms with Crippen LogP contribution in [-0.2, 0) is 12.8 Å². The molecule has 1 atom stereocenters. The number of aromatic nitrogens is 1. The largest absolute Gasteiger partial charge is 0.358 e. The van der Waals surface area contributed by atoms with Crippen molar-refractivity contribution in [1.29, 1.82) is 0 Å². The number of hydrogen-bond donors (Lipinski definition) is 2. The second-order valence-corrected chi connectivity index (χ2v) is 6.41. The van der Waals surface area contributed by atoms with Gasteiger partial charge in [0, 0.05) is 28.7 Å². The molecule has 1 fully saturated rings. The van der Waals surface area contributed by atoms with Gasteiger partial charge in [0.25, 0.3) is 0 Å². The Kier molecular flexibility index (Phi) is 2.49. The lowest BCUT2D eigenvalue weighted by Crippen LogP contribution is -2.35. The number of aromatic amines is 1. The minimum absolute atomic E-state index is 0.693. The molecule has 4 rings (SSSR count). The Bertz CT molecular complexity index is 634. The van der Waals surface area contributed by atoms with Gasteiger partial charge in [-0.3, -0.25) is 0 Å². The molecule has 2 heteroatoms. The summed E-state index contributed by atoms with van der Waals surface area (Å²) in [6, 6.07) is 6.02. The minimum Gasteiger partial charge on any atom is -0.358 e. The highest BCUT2D eigenvalue weighted by Crippen LogP contribution is 2.33. The van der Waals surface area contributed by atoms with Crippen LogP contribution in [-0.4, -0.2) is 17.1 Å². The zero-order valence-electron chi connectivity index (χ0n) is 11.8. The highest BCUT2D eigenvalue weighted by Gasteiger charge is 2.28. The first-order valence-corrected chi connectivity index (χ1v) is 7.58. The predicted molar refractivity (Wildman–Crippen MR) is 79.7 cm³/mol. The lowest BCUT2D eigenvalue weighted by molar-refractivity contribution is 0.455. The van der Waals surface area contributed by atoms with Crippen LogP contribution in [0.5, 0.6) is 0 Å². The molecule has 0 spiro atoms. The summed E-state index contributed by atoms with van der Waals surface area (Å²) in [5.41, 5.74) is 7.24. The highest BCUT2D eigenvalue weighted by molar-refractivity contribution is 5.90. The molecule has 2 aromatic rings. The van der Waals surface area contributed by atoms with E-state index in [0.29, 0.717) is 6.04 Å². The van der Waals surface area contributed by atoms with Crippen LogP contribution in [0.3, 0.4) is 0 Å². The van der Waals surface area contributed by atoms with Gasteiger partial charge >= 0.3 is 0 Å². The van der Waals surface area contributed by atoms with Crippen molar-refractivity contribution < 1.29 is 0 Å². The van der Waals surface area contributed by atoms with E-state index in [9.17, 15) is 0 Å². The fraction of sp³-hybridized carbons (Fsp3) is 0.529. The SMILES string of the molecule is Cc1ccc(C)c2c3c([nH]c12)CCC(NC1CC1)C3. The van der Waals surface area contributed by atoms with Gasteiger partial charge in [-0.25, -0.2) is 0 Å². The van der Waals surface area contributed by atoms with Crippen molar-refractivity contribution in [3.8, 4) is 0 Å². The fourth-order valence-corrected chi connectivity index (χ4v) is 3.57. The molecule has 0 radical (unpaired) electrons. The summed E-state index contributed by atoms with van der Waals surface area (Å²) in [6.07, 6.45) is 6.46. The molecule has 2 N–H and O–H groups in total. The molecule has 1 unspecified atom stereocenters. The maximum atomic E-state index is 3.81. The Morgan fingerprint density at radius 2 is 1.84 bits per heavy atom. The van der Waals surface area contributed by atoms with Crippen LogP contribution < -0.4 is 5.32 Å². The predicted octanol–water partition coefficient (Wildman–Crippen LogP) is 3.39. The van der Waals surface area contributed by atoms with E-state index in [0.717, 1.165) is 6.04 Å². The van der Waals surface area contributed by atoms with E-state index in [2.05, 4.69) is 36.3 Å². The standard InChI is InChI=1S/C17H22N2/c1-10-3-4-11(2)17-16(10)14-9-13(18-12-5-6-12)7-8-15(14)19-17/h3-4,12-13,18-19H,5-9H2,1-2H3. The molecule has 19 heavy (non-hydrogen) atoms. The first-order valence-electron chi connectivity index (χ1n) is 7.58. The van der Waals surface area contributed by atoms with Gasteiger partial charge in [0.1, 0.15) is 0 Å². The van der Waals surface area contributed by atoms with Crippen molar-refractivity contribution in [1.82, 2.24) is 10.3 Å². The Hall–Kier alpha value is -1.28. The molecule has 0 bridgehead atoms. The van der Waals surface area contributed by atoms with E-state index < -0.39 is 0 Å². The van der Waals surface area contributed by atoms with Crippen LogP contribution in [0.25, 0.3) is 10.9 Å². The third-order valence-corrected chi connectivity index (χ3v) is 4.81. The lowest BCUT2D eigenvalue weighted by Gasteiger charge is -2.24. The molecule has 1 heterocycles. The zero-order chi connectivity index (χ0) is 13.0. The normalized spacial score (nSPS) is 22.7. The molecular weight excluding hydrogens is 232 g/mol. The zero-order valence-corrected chi connectivity index (χ0v) is 11.8. The van der Waals surface area contributed by atoms with Gasteiger partial charge in [0.05, 0.1) is 0 Å². The molecule has 1 aromatic heterocycles. The van der Waals surface area contributed by atoms with Crippen LogP contribution in [0.2, 0.25) is 0 Å². The summed E-state index contributed by atoms with van der Waals surface area (Å²) in [7, 11) is 0. The van der Waals surface area contributed by atoms with E-state index in [4.69, 9.17) is 0 Å². The molecule has 0 saturated heterocycles. The van der Waals surface area contributed by atoms with Crippen molar-refractivity contribution >= 4 is 10.9 Å². The smallest absolute Gasteiger partial charge is 0.0491 e. The van der Waals surface area contributed by atoms with Crippen molar-refractivity contribution in [2.24, 2.45) is 0 Å². The van der Waals surface area contributed by atoms with Crippen molar-refractivity contribution in [3.05, 3.63) is 34.5 Å². The monoisotopic (exact) mass is 254 g/mol.